The van der Waals surface area contributed by atoms with Crippen molar-refractivity contribution in [3.05, 3.63) is 40.2 Å². The van der Waals surface area contributed by atoms with Crippen LogP contribution in [-0.2, 0) is 0 Å². The molecular formula is C13H12ClN3S. The number of aryl methyl sites for hydroxylation is 3. The van der Waals surface area contributed by atoms with Crippen molar-refractivity contribution in [2.75, 3.05) is 0 Å². The molecule has 0 fully saturated rings. The Bertz CT molecular complexity index is 703. The van der Waals surface area contributed by atoms with Gasteiger partial charge in [-0.25, -0.2) is 9.67 Å². The Balaban J connectivity index is 2.29. The number of hydrogen-bond donors (Lipinski definition) is 0. The van der Waals surface area contributed by atoms with Crippen molar-refractivity contribution in [1.29, 1.82) is 0 Å². The highest BCUT2D eigenvalue weighted by atomic mass is 35.5. The number of hydrogen-bond acceptors (Lipinski definition) is 3. The summed E-state index contributed by atoms with van der Waals surface area (Å²) >= 11 is 7.79. The van der Waals surface area contributed by atoms with Crippen LogP contribution in [0, 0.1) is 20.8 Å². The molecule has 18 heavy (non-hydrogen) atoms. The van der Waals surface area contributed by atoms with E-state index >= 15 is 0 Å². The molecule has 3 rings (SSSR count). The Hall–Kier alpha value is -1.39. The molecule has 3 nitrogen and oxygen atoms in total. The van der Waals surface area contributed by atoms with Gasteiger partial charge in [0.2, 0.25) is 5.13 Å². The van der Waals surface area contributed by atoms with Gasteiger partial charge in [-0.1, -0.05) is 29.0 Å². The molecule has 3 aromatic rings. The third kappa shape index (κ3) is 1.72. The second kappa shape index (κ2) is 4.07. The van der Waals surface area contributed by atoms with Crippen LogP contribution in [-0.4, -0.2) is 14.8 Å². The Morgan fingerprint density at radius 1 is 1.22 bits per heavy atom. The molecule has 0 aliphatic rings. The fraction of sp³-hybridized carbons (Fsp3) is 0.231. The van der Waals surface area contributed by atoms with Gasteiger partial charge in [0, 0.05) is 5.69 Å². The van der Waals surface area contributed by atoms with Crippen molar-refractivity contribution in [2.45, 2.75) is 20.8 Å². The first-order valence-corrected chi connectivity index (χ1v) is 6.85. The van der Waals surface area contributed by atoms with E-state index in [9.17, 15) is 0 Å². The van der Waals surface area contributed by atoms with Gasteiger partial charge in [0.05, 0.1) is 20.9 Å². The number of nitrogens with zero attached hydrogens (tertiary/aromatic N) is 3. The van der Waals surface area contributed by atoms with Crippen molar-refractivity contribution < 1.29 is 0 Å². The van der Waals surface area contributed by atoms with Crippen molar-refractivity contribution in [3.63, 3.8) is 0 Å². The predicted octanol–water partition coefficient (Wildman–Crippen LogP) is 4.06. The Morgan fingerprint density at radius 3 is 2.61 bits per heavy atom. The number of thiazole rings is 1. The van der Waals surface area contributed by atoms with Crippen LogP contribution < -0.4 is 0 Å². The van der Waals surface area contributed by atoms with Crippen LogP contribution in [0.25, 0.3) is 15.3 Å². The smallest absolute Gasteiger partial charge is 0.211 e. The lowest BCUT2D eigenvalue weighted by Gasteiger charge is -1.96. The van der Waals surface area contributed by atoms with Crippen molar-refractivity contribution >= 4 is 33.2 Å². The maximum Gasteiger partial charge on any atom is 0.211 e. The maximum atomic E-state index is 6.22. The molecule has 0 aliphatic carbocycles. The van der Waals surface area contributed by atoms with E-state index in [0.717, 1.165) is 37.3 Å². The molecule has 0 bridgehead atoms. The molecular weight excluding hydrogens is 266 g/mol. The minimum atomic E-state index is 0.751. The lowest BCUT2D eigenvalue weighted by Crippen LogP contribution is -1.97. The molecule has 0 aliphatic heterocycles. The summed E-state index contributed by atoms with van der Waals surface area (Å²) in [6.07, 6.45) is 0. The average Bonchev–Trinajstić information content (AvgIpc) is 2.88. The van der Waals surface area contributed by atoms with Crippen LogP contribution in [0.3, 0.4) is 0 Å². The molecule has 0 radical (unpaired) electrons. The molecule has 0 N–H and O–H groups in total. The maximum absolute atomic E-state index is 6.22. The first kappa shape index (κ1) is 11.7. The first-order valence-electron chi connectivity index (χ1n) is 5.65. The minimum absolute atomic E-state index is 0.751. The first-order chi connectivity index (χ1) is 8.56. The predicted molar refractivity (Wildman–Crippen MR) is 76.0 cm³/mol. The van der Waals surface area contributed by atoms with Gasteiger partial charge in [-0.2, -0.15) is 5.10 Å². The van der Waals surface area contributed by atoms with Crippen LogP contribution in [0.15, 0.2) is 18.2 Å². The Morgan fingerprint density at radius 2 is 2.00 bits per heavy atom. The molecule has 92 valence electrons. The zero-order chi connectivity index (χ0) is 12.9. The van der Waals surface area contributed by atoms with Crippen LogP contribution >= 0.6 is 22.9 Å². The highest BCUT2D eigenvalue weighted by Crippen LogP contribution is 2.33. The van der Waals surface area contributed by atoms with Gasteiger partial charge in [-0.15, -0.1) is 0 Å². The highest BCUT2D eigenvalue weighted by Gasteiger charge is 2.13. The summed E-state index contributed by atoms with van der Waals surface area (Å²) < 4.78 is 2.90. The summed E-state index contributed by atoms with van der Waals surface area (Å²) in [6.45, 7) is 6.05. The van der Waals surface area contributed by atoms with Crippen LogP contribution in [0.2, 0.25) is 5.02 Å². The standard InChI is InChI=1S/C13H12ClN3S/c1-7-4-5-10(14)12-11(7)15-13(18-12)17-9(3)6-8(2)16-17/h4-6H,1-3H3. The second-order valence-corrected chi connectivity index (χ2v) is 5.76. The van der Waals surface area contributed by atoms with Crippen LogP contribution in [0.1, 0.15) is 17.0 Å². The van der Waals surface area contributed by atoms with E-state index < -0.39 is 0 Å². The lowest BCUT2D eigenvalue weighted by atomic mass is 10.2. The van der Waals surface area contributed by atoms with E-state index in [2.05, 4.69) is 10.1 Å². The van der Waals surface area contributed by atoms with Gasteiger partial charge >= 0.3 is 0 Å². The van der Waals surface area contributed by atoms with Crippen molar-refractivity contribution in [2.24, 2.45) is 0 Å². The summed E-state index contributed by atoms with van der Waals surface area (Å²) in [5, 5.41) is 6.07. The number of rotatable bonds is 1. The summed E-state index contributed by atoms with van der Waals surface area (Å²) in [5.41, 5.74) is 4.18. The molecule has 5 heteroatoms. The van der Waals surface area contributed by atoms with E-state index in [0.29, 0.717) is 0 Å². The second-order valence-electron chi connectivity index (χ2n) is 4.38. The number of benzene rings is 1. The van der Waals surface area contributed by atoms with Gasteiger partial charge in [0.15, 0.2) is 0 Å². The van der Waals surface area contributed by atoms with Crippen LogP contribution in [0.5, 0.6) is 0 Å². The minimum Gasteiger partial charge on any atom is -0.218 e. The van der Waals surface area contributed by atoms with E-state index in [4.69, 9.17) is 11.6 Å². The quantitative estimate of drug-likeness (QED) is 0.671. The average molecular weight is 278 g/mol. The largest absolute Gasteiger partial charge is 0.218 e. The summed E-state index contributed by atoms with van der Waals surface area (Å²) in [4.78, 5) is 4.65. The van der Waals surface area contributed by atoms with E-state index in [1.807, 2.05) is 43.7 Å². The van der Waals surface area contributed by atoms with Crippen molar-refractivity contribution in [1.82, 2.24) is 14.8 Å². The fourth-order valence-electron chi connectivity index (χ4n) is 2.00. The molecule has 0 amide bonds. The summed E-state index contributed by atoms with van der Waals surface area (Å²) in [7, 11) is 0. The molecule has 0 saturated heterocycles. The third-order valence-corrected chi connectivity index (χ3v) is 4.37. The van der Waals surface area contributed by atoms with Crippen LogP contribution in [0.4, 0.5) is 0 Å². The zero-order valence-corrected chi connectivity index (χ0v) is 11.9. The Kier molecular flexibility index (Phi) is 2.64. The van der Waals surface area contributed by atoms with Gasteiger partial charge in [0.1, 0.15) is 0 Å². The number of aromatic nitrogens is 3. The van der Waals surface area contributed by atoms with Gasteiger partial charge in [0.25, 0.3) is 0 Å². The zero-order valence-electron chi connectivity index (χ0n) is 10.4. The fourth-order valence-corrected chi connectivity index (χ4v) is 3.33. The molecule has 1 aromatic carbocycles. The normalized spacial score (nSPS) is 11.3. The van der Waals surface area contributed by atoms with E-state index in [1.165, 1.54) is 0 Å². The summed E-state index contributed by atoms with van der Waals surface area (Å²) in [5.74, 6) is 0. The van der Waals surface area contributed by atoms with Gasteiger partial charge in [-0.05, 0) is 38.5 Å². The third-order valence-electron chi connectivity index (χ3n) is 2.88. The molecule has 2 aromatic heterocycles. The van der Waals surface area contributed by atoms with E-state index in [1.54, 1.807) is 11.3 Å². The molecule has 0 atom stereocenters. The SMILES string of the molecule is Cc1cc(C)n(-c2nc3c(C)ccc(Cl)c3s2)n1. The lowest BCUT2D eigenvalue weighted by molar-refractivity contribution is 0.827. The molecule has 2 heterocycles. The highest BCUT2D eigenvalue weighted by molar-refractivity contribution is 7.21. The summed E-state index contributed by atoms with van der Waals surface area (Å²) in [6, 6.07) is 5.96. The number of fused-ring (bicyclic) bond motifs is 1. The molecule has 0 saturated carbocycles. The molecule has 0 unspecified atom stereocenters. The van der Waals surface area contributed by atoms with Gasteiger partial charge in [-0.3, -0.25) is 0 Å². The topological polar surface area (TPSA) is 30.7 Å². The van der Waals surface area contributed by atoms with E-state index in [-0.39, 0.29) is 0 Å². The van der Waals surface area contributed by atoms with Gasteiger partial charge < -0.3 is 0 Å². The molecule has 0 spiro atoms. The monoisotopic (exact) mass is 277 g/mol. The number of halogens is 1. The Labute approximate surface area is 114 Å². The van der Waals surface area contributed by atoms with Crippen molar-refractivity contribution in [3.8, 4) is 5.13 Å².